The number of carbonyl (C=O) groups is 1. The third-order valence-electron chi connectivity index (χ3n) is 5.93. The summed E-state index contributed by atoms with van der Waals surface area (Å²) >= 11 is 0. The molecule has 32 heavy (non-hydrogen) atoms. The fraction of sp³-hybridized carbons (Fsp3) is 0.240. The first-order valence-electron chi connectivity index (χ1n) is 11.0. The monoisotopic (exact) mass is 426 g/mol. The molecule has 1 fully saturated rings. The van der Waals surface area contributed by atoms with E-state index in [4.69, 9.17) is 5.73 Å². The molecule has 162 valence electrons. The van der Waals surface area contributed by atoms with Crippen molar-refractivity contribution >= 4 is 28.4 Å². The normalized spacial score (nSPS) is 14.5. The van der Waals surface area contributed by atoms with E-state index in [2.05, 4.69) is 44.5 Å². The van der Waals surface area contributed by atoms with Crippen LogP contribution < -0.4 is 11.1 Å². The van der Waals surface area contributed by atoms with Gasteiger partial charge in [0, 0.05) is 30.0 Å². The summed E-state index contributed by atoms with van der Waals surface area (Å²) in [6.07, 6.45) is 7.37. The maximum atomic E-state index is 11.9. The van der Waals surface area contributed by atoms with Gasteiger partial charge in [0.15, 0.2) is 0 Å². The van der Waals surface area contributed by atoms with Crippen LogP contribution >= 0.6 is 0 Å². The third-order valence-corrected chi connectivity index (χ3v) is 5.93. The van der Waals surface area contributed by atoms with Crippen molar-refractivity contribution in [3.05, 3.63) is 78.1 Å². The highest BCUT2D eigenvalue weighted by molar-refractivity contribution is 6.06. The second kappa shape index (κ2) is 8.80. The van der Waals surface area contributed by atoms with Gasteiger partial charge < -0.3 is 15.6 Å². The average Bonchev–Trinajstić information content (AvgIpc) is 3.22. The Balaban J connectivity index is 1.36. The highest BCUT2D eigenvalue weighted by atomic mass is 16.1. The molecule has 2 aromatic heterocycles. The Hall–Kier alpha value is -3.71. The van der Waals surface area contributed by atoms with Crippen LogP contribution in [0.15, 0.2) is 67.0 Å². The van der Waals surface area contributed by atoms with Crippen molar-refractivity contribution in [1.82, 2.24) is 19.4 Å². The number of nitrogens with zero attached hydrogens (tertiary/aromatic N) is 4. The number of nitrogens with two attached hydrogens (primary N) is 1. The van der Waals surface area contributed by atoms with Gasteiger partial charge in [0.25, 0.3) is 5.91 Å². The van der Waals surface area contributed by atoms with Gasteiger partial charge in [-0.1, -0.05) is 36.8 Å². The number of likely N-dealkylation sites (tertiary alicyclic amines) is 1. The number of rotatable bonds is 6. The zero-order valence-corrected chi connectivity index (χ0v) is 17.9. The topological polar surface area (TPSA) is 89.1 Å². The molecule has 1 aliphatic rings. The molecule has 7 heteroatoms. The molecule has 0 bridgehead atoms. The first-order valence-corrected chi connectivity index (χ1v) is 11.0. The number of anilines is 2. The average molecular weight is 427 g/mol. The lowest BCUT2D eigenvalue weighted by Crippen LogP contribution is -2.29. The van der Waals surface area contributed by atoms with Crippen molar-refractivity contribution in [2.24, 2.45) is 5.73 Å². The molecule has 1 amide bonds. The zero-order chi connectivity index (χ0) is 21.9. The molecule has 4 aromatic rings. The van der Waals surface area contributed by atoms with Crippen LogP contribution in [-0.2, 0) is 6.54 Å². The van der Waals surface area contributed by atoms with Crippen molar-refractivity contribution < 1.29 is 4.79 Å². The SMILES string of the molecule is NC(=O)c1cn(-c2ccnc(Nc3ccc(CN4CCCCC4)cc3)n2)c2ccccc12. The predicted molar refractivity (Wildman–Crippen MR) is 126 cm³/mol. The molecule has 7 nitrogen and oxygen atoms in total. The predicted octanol–water partition coefficient (Wildman–Crippen LogP) is 4.25. The number of piperidine rings is 1. The van der Waals surface area contributed by atoms with Crippen LogP contribution in [0.25, 0.3) is 16.7 Å². The van der Waals surface area contributed by atoms with Crippen molar-refractivity contribution in [3.8, 4) is 5.82 Å². The maximum absolute atomic E-state index is 11.9. The molecular formula is C25H26N6O. The Morgan fingerprint density at radius 2 is 1.78 bits per heavy atom. The minimum atomic E-state index is -0.461. The summed E-state index contributed by atoms with van der Waals surface area (Å²) in [5.74, 6) is 0.689. The van der Waals surface area contributed by atoms with Crippen LogP contribution in [0, 0.1) is 0 Å². The van der Waals surface area contributed by atoms with Crippen molar-refractivity contribution in [1.29, 1.82) is 0 Å². The van der Waals surface area contributed by atoms with Crippen LogP contribution in [0.5, 0.6) is 0 Å². The molecule has 1 aliphatic heterocycles. The zero-order valence-electron chi connectivity index (χ0n) is 17.9. The second-order valence-corrected chi connectivity index (χ2v) is 8.19. The fourth-order valence-corrected chi connectivity index (χ4v) is 4.31. The fourth-order valence-electron chi connectivity index (χ4n) is 4.31. The van der Waals surface area contributed by atoms with Crippen LogP contribution in [0.2, 0.25) is 0 Å². The van der Waals surface area contributed by atoms with Crippen LogP contribution in [0.3, 0.4) is 0 Å². The molecule has 0 atom stereocenters. The number of benzene rings is 2. The van der Waals surface area contributed by atoms with E-state index in [0.717, 1.165) is 23.1 Å². The highest BCUT2D eigenvalue weighted by Crippen LogP contribution is 2.24. The summed E-state index contributed by atoms with van der Waals surface area (Å²) in [5.41, 5.74) is 9.15. The molecule has 0 saturated carbocycles. The lowest BCUT2D eigenvalue weighted by Gasteiger charge is -2.26. The standard InChI is InChI=1S/C25H26N6O/c26-24(32)21-17-31(22-7-3-2-6-20(21)22)23-12-13-27-25(29-23)28-19-10-8-18(9-11-19)16-30-14-4-1-5-15-30/h2-3,6-13,17H,1,4-5,14-16H2,(H2,26,32)(H,27,28,29). The van der Waals surface area contributed by atoms with E-state index in [1.54, 1.807) is 12.4 Å². The Bertz CT molecular complexity index is 1240. The van der Waals surface area contributed by atoms with E-state index in [0.29, 0.717) is 17.3 Å². The number of hydrogen-bond acceptors (Lipinski definition) is 5. The lowest BCUT2D eigenvalue weighted by atomic mass is 10.1. The molecule has 2 aromatic carbocycles. The van der Waals surface area contributed by atoms with Crippen LogP contribution in [0.1, 0.15) is 35.2 Å². The summed E-state index contributed by atoms with van der Waals surface area (Å²) in [4.78, 5) is 23.4. The van der Waals surface area contributed by atoms with Gasteiger partial charge in [-0.3, -0.25) is 9.69 Å². The van der Waals surface area contributed by atoms with Crippen LogP contribution in [0.4, 0.5) is 11.6 Å². The summed E-state index contributed by atoms with van der Waals surface area (Å²) in [5, 5.41) is 4.08. The molecule has 1 saturated heterocycles. The van der Waals surface area contributed by atoms with Gasteiger partial charge in [-0.05, 0) is 55.8 Å². The molecule has 0 spiro atoms. The van der Waals surface area contributed by atoms with Gasteiger partial charge in [0.05, 0.1) is 11.1 Å². The number of fused-ring (bicyclic) bond motifs is 1. The first kappa shape index (κ1) is 20.2. The number of nitrogens with one attached hydrogen (secondary N) is 1. The van der Waals surface area contributed by atoms with Gasteiger partial charge in [0.2, 0.25) is 5.95 Å². The van der Waals surface area contributed by atoms with Gasteiger partial charge in [-0.2, -0.15) is 4.98 Å². The third kappa shape index (κ3) is 4.20. The lowest BCUT2D eigenvalue weighted by molar-refractivity contribution is 0.100. The van der Waals surface area contributed by atoms with Gasteiger partial charge in [-0.15, -0.1) is 0 Å². The molecule has 0 unspecified atom stereocenters. The van der Waals surface area contributed by atoms with E-state index < -0.39 is 5.91 Å². The van der Waals surface area contributed by atoms with Crippen molar-refractivity contribution in [2.45, 2.75) is 25.8 Å². The molecule has 3 N–H and O–H groups in total. The molecule has 5 rings (SSSR count). The molecule has 3 heterocycles. The van der Waals surface area contributed by atoms with Gasteiger partial charge in [0.1, 0.15) is 5.82 Å². The summed E-state index contributed by atoms with van der Waals surface area (Å²) < 4.78 is 1.87. The van der Waals surface area contributed by atoms with Gasteiger partial charge in [-0.25, -0.2) is 4.98 Å². The number of aromatic nitrogens is 3. The van der Waals surface area contributed by atoms with E-state index in [9.17, 15) is 4.79 Å². The highest BCUT2D eigenvalue weighted by Gasteiger charge is 2.14. The van der Waals surface area contributed by atoms with E-state index in [1.165, 1.54) is 37.9 Å². The Labute approximate surface area is 186 Å². The van der Waals surface area contributed by atoms with Crippen LogP contribution in [-0.4, -0.2) is 38.4 Å². The first-order chi connectivity index (χ1) is 15.7. The number of para-hydroxylation sites is 1. The van der Waals surface area contributed by atoms with E-state index in [-0.39, 0.29) is 0 Å². The largest absolute Gasteiger partial charge is 0.366 e. The van der Waals surface area contributed by atoms with Gasteiger partial charge >= 0.3 is 0 Å². The Morgan fingerprint density at radius 1 is 1.00 bits per heavy atom. The smallest absolute Gasteiger partial charge is 0.250 e. The molecule has 0 radical (unpaired) electrons. The van der Waals surface area contributed by atoms with E-state index >= 15 is 0 Å². The summed E-state index contributed by atoms with van der Waals surface area (Å²) in [7, 11) is 0. The Morgan fingerprint density at radius 3 is 2.56 bits per heavy atom. The van der Waals surface area contributed by atoms with E-state index in [1.807, 2.05) is 34.9 Å². The molecular weight excluding hydrogens is 400 g/mol. The summed E-state index contributed by atoms with van der Waals surface area (Å²) in [6.45, 7) is 3.37. The van der Waals surface area contributed by atoms with Crippen molar-refractivity contribution in [3.63, 3.8) is 0 Å². The second-order valence-electron chi connectivity index (χ2n) is 8.19. The molecule has 0 aliphatic carbocycles. The minimum absolute atomic E-state index is 0.461. The number of amides is 1. The number of primary amides is 1. The maximum Gasteiger partial charge on any atom is 0.250 e. The quantitative estimate of drug-likeness (QED) is 0.481. The number of hydrogen-bond donors (Lipinski definition) is 2. The number of carbonyl (C=O) groups excluding carboxylic acids is 1. The Kier molecular flexibility index (Phi) is 5.56. The minimum Gasteiger partial charge on any atom is -0.366 e. The summed E-state index contributed by atoms with van der Waals surface area (Å²) in [6, 6.07) is 17.9. The van der Waals surface area contributed by atoms with Crippen molar-refractivity contribution in [2.75, 3.05) is 18.4 Å².